The molecule has 1 aromatic rings. The van der Waals surface area contributed by atoms with Gasteiger partial charge in [-0.15, -0.1) is 0 Å². The van der Waals surface area contributed by atoms with Crippen molar-refractivity contribution in [3.63, 3.8) is 0 Å². The third-order valence-electron chi connectivity index (χ3n) is 5.18. The third kappa shape index (κ3) is 3.98. The van der Waals surface area contributed by atoms with Crippen molar-refractivity contribution < 1.29 is 19.1 Å². The zero-order valence-corrected chi connectivity index (χ0v) is 15.1. The Hall–Kier alpha value is -2.57. The minimum Gasteiger partial charge on any atom is -0.496 e. The van der Waals surface area contributed by atoms with E-state index in [1.54, 1.807) is 21.8 Å². The highest BCUT2D eigenvalue weighted by atomic mass is 16.5. The Morgan fingerprint density at radius 3 is 2.65 bits per heavy atom. The lowest BCUT2D eigenvalue weighted by Gasteiger charge is -2.33. The van der Waals surface area contributed by atoms with Gasteiger partial charge in [-0.1, -0.05) is 18.2 Å². The van der Waals surface area contributed by atoms with Gasteiger partial charge in [0.15, 0.2) is 0 Å². The van der Waals surface area contributed by atoms with Crippen LogP contribution < -0.4 is 4.74 Å². The molecule has 0 spiro atoms. The normalized spacial score (nSPS) is 20.4. The molecule has 0 N–H and O–H groups in total. The number of hydrogen-bond donors (Lipinski definition) is 0. The Morgan fingerprint density at radius 2 is 1.96 bits per heavy atom. The second-order valence-electron chi connectivity index (χ2n) is 6.77. The van der Waals surface area contributed by atoms with Crippen LogP contribution >= 0.6 is 0 Å². The zero-order valence-electron chi connectivity index (χ0n) is 15.1. The molecule has 0 aliphatic carbocycles. The number of benzene rings is 1. The molecule has 3 rings (SSSR count). The number of rotatable bonds is 6. The number of piperazine rings is 1. The van der Waals surface area contributed by atoms with E-state index in [4.69, 9.17) is 4.74 Å². The minimum atomic E-state index is -0.275. The zero-order chi connectivity index (χ0) is 18.5. The van der Waals surface area contributed by atoms with Gasteiger partial charge in [0.05, 0.1) is 13.0 Å². The fraction of sp³-hybridized carbons (Fsp3) is 0.526. The molecule has 26 heavy (non-hydrogen) atoms. The number of hydrogen-bond acceptors (Lipinski definition) is 4. The summed E-state index contributed by atoms with van der Waals surface area (Å²) < 4.78 is 5.35. The predicted octanol–water partition coefficient (Wildman–Crippen LogP) is 0.387. The Morgan fingerprint density at radius 1 is 1.23 bits per heavy atom. The van der Waals surface area contributed by atoms with E-state index >= 15 is 0 Å². The number of amides is 3. The number of ether oxygens (including phenoxy) is 1. The molecule has 2 heterocycles. The minimum absolute atomic E-state index is 0.0312. The molecule has 0 radical (unpaired) electrons. The first-order valence-corrected chi connectivity index (χ1v) is 9.00. The monoisotopic (exact) mass is 359 g/mol. The largest absolute Gasteiger partial charge is 0.496 e. The van der Waals surface area contributed by atoms with Crippen molar-refractivity contribution in [3.8, 4) is 5.75 Å². The highest BCUT2D eigenvalue weighted by molar-refractivity contribution is 5.89. The molecule has 7 nitrogen and oxygen atoms in total. The van der Waals surface area contributed by atoms with E-state index in [1.165, 1.54) is 0 Å². The van der Waals surface area contributed by atoms with Crippen molar-refractivity contribution >= 4 is 18.2 Å². The van der Waals surface area contributed by atoms with E-state index < -0.39 is 0 Å². The van der Waals surface area contributed by atoms with Gasteiger partial charge in [-0.2, -0.15) is 0 Å². The van der Waals surface area contributed by atoms with E-state index in [1.807, 2.05) is 24.3 Å². The van der Waals surface area contributed by atoms with E-state index in [-0.39, 0.29) is 24.2 Å². The van der Waals surface area contributed by atoms with Crippen LogP contribution in [0, 0.1) is 5.92 Å². The first-order valence-electron chi connectivity index (χ1n) is 9.00. The van der Waals surface area contributed by atoms with Crippen molar-refractivity contribution in [1.29, 1.82) is 0 Å². The van der Waals surface area contributed by atoms with Gasteiger partial charge in [0.25, 0.3) is 0 Å². The second-order valence-corrected chi connectivity index (χ2v) is 6.77. The Kier molecular flexibility index (Phi) is 5.75. The molecule has 140 valence electrons. The van der Waals surface area contributed by atoms with Gasteiger partial charge >= 0.3 is 0 Å². The molecule has 1 unspecified atom stereocenters. The van der Waals surface area contributed by atoms with Gasteiger partial charge in [0, 0.05) is 45.7 Å². The van der Waals surface area contributed by atoms with Gasteiger partial charge in [0.2, 0.25) is 18.2 Å². The molecule has 0 saturated carbocycles. The topological polar surface area (TPSA) is 70.2 Å². The highest BCUT2D eigenvalue weighted by Gasteiger charge is 2.37. The number of para-hydroxylation sites is 1. The SMILES string of the molecule is COc1ccccc1CCN1CC(C(=O)N2CCN(C=O)CC2)CC1=O. The van der Waals surface area contributed by atoms with Crippen molar-refractivity contribution in [1.82, 2.24) is 14.7 Å². The number of carbonyl (C=O) groups excluding carboxylic acids is 3. The van der Waals surface area contributed by atoms with Crippen LogP contribution in [0.5, 0.6) is 5.75 Å². The van der Waals surface area contributed by atoms with Gasteiger partial charge in [-0.05, 0) is 18.1 Å². The lowest BCUT2D eigenvalue weighted by atomic mass is 10.1. The van der Waals surface area contributed by atoms with Gasteiger partial charge in [-0.3, -0.25) is 14.4 Å². The number of likely N-dealkylation sites (tertiary alicyclic amines) is 1. The molecule has 0 bridgehead atoms. The van der Waals surface area contributed by atoms with Crippen LogP contribution in [0.1, 0.15) is 12.0 Å². The summed E-state index contributed by atoms with van der Waals surface area (Å²) in [4.78, 5) is 41.0. The molecule has 2 saturated heterocycles. The van der Waals surface area contributed by atoms with Crippen LogP contribution in [0.3, 0.4) is 0 Å². The molecule has 7 heteroatoms. The lowest BCUT2D eigenvalue weighted by Crippen LogP contribution is -2.50. The lowest BCUT2D eigenvalue weighted by molar-refractivity contribution is -0.139. The molecule has 3 amide bonds. The maximum absolute atomic E-state index is 12.7. The fourth-order valence-corrected chi connectivity index (χ4v) is 3.62. The molecule has 0 aromatic heterocycles. The van der Waals surface area contributed by atoms with Crippen LogP contribution in [0.15, 0.2) is 24.3 Å². The summed E-state index contributed by atoms with van der Waals surface area (Å²) in [7, 11) is 1.64. The highest BCUT2D eigenvalue weighted by Crippen LogP contribution is 2.23. The van der Waals surface area contributed by atoms with Gasteiger partial charge in [-0.25, -0.2) is 0 Å². The standard InChI is InChI=1S/C19H25N3O4/c1-26-17-5-3-2-4-15(17)6-7-22-13-16(12-18(22)24)19(25)21-10-8-20(14-23)9-11-21/h2-5,14,16H,6-13H2,1H3. The smallest absolute Gasteiger partial charge is 0.228 e. The molecular weight excluding hydrogens is 334 g/mol. The molecule has 1 atom stereocenters. The summed E-state index contributed by atoms with van der Waals surface area (Å²) in [6.07, 6.45) is 1.80. The van der Waals surface area contributed by atoms with Crippen LogP contribution in [0.25, 0.3) is 0 Å². The first-order chi connectivity index (χ1) is 12.6. The Balaban J connectivity index is 1.53. The van der Waals surface area contributed by atoms with Crippen molar-refractivity contribution in [2.75, 3.05) is 46.4 Å². The summed E-state index contributed by atoms with van der Waals surface area (Å²) >= 11 is 0. The van der Waals surface area contributed by atoms with Crippen LogP contribution in [-0.2, 0) is 20.8 Å². The average Bonchev–Trinajstić information content (AvgIpc) is 3.06. The summed E-state index contributed by atoms with van der Waals surface area (Å²) in [6.45, 7) is 3.27. The molecular formula is C19H25N3O4. The van der Waals surface area contributed by atoms with Gasteiger partial charge < -0.3 is 19.4 Å². The predicted molar refractivity (Wildman–Crippen MR) is 95.6 cm³/mol. The summed E-state index contributed by atoms with van der Waals surface area (Å²) in [5.74, 6) is 0.608. The summed E-state index contributed by atoms with van der Waals surface area (Å²) in [5, 5.41) is 0. The van der Waals surface area contributed by atoms with E-state index in [2.05, 4.69) is 0 Å². The molecule has 2 fully saturated rings. The summed E-state index contributed by atoms with van der Waals surface area (Å²) in [6, 6.07) is 7.78. The number of carbonyl (C=O) groups is 3. The Bertz CT molecular complexity index is 671. The number of methoxy groups -OCH3 is 1. The molecule has 1 aromatic carbocycles. The maximum atomic E-state index is 12.7. The van der Waals surface area contributed by atoms with Crippen molar-refractivity contribution in [3.05, 3.63) is 29.8 Å². The second kappa shape index (κ2) is 8.21. The average molecular weight is 359 g/mol. The van der Waals surface area contributed by atoms with Crippen molar-refractivity contribution in [2.45, 2.75) is 12.8 Å². The number of nitrogens with zero attached hydrogens (tertiary/aromatic N) is 3. The third-order valence-corrected chi connectivity index (χ3v) is 5.18. The van der Waals surface area contributed by atoms with Crippen LogP contribution in [-0.4, -0.2) is 79.3 Å². The quantitative estimate of drug-likeness (QED) is 0.689. The van der Waals surface area contributed by atoms with Crippen LogP contribution in [0.4, 0.5) is 0 Å². The van der Waals surface area contributed by atoms with Crippen molar-refractivity contribution in [2.24, 2.45) is 5.92 Å². The van der Waals surface area contributed by atoms with E-state index in [0.29, 0.717) is 45.7 Å². The molecule has 2 aliphatic rings. The fourth-order valence-electron chi connectivity index (χ4n) is 3.62. The molecule has 2 aliphatic heterocycles. The summed E-state index contributed by atoms with van der Waals surface area (Å²) in [5.41, 5.74) is 1.06. The van der Waals surface area contributed by atoms with Crippen LogP contribution in [0.2, 0.25) is 0 Å². The van der Waals surface area contributed by atoms with E-state index in [0.717, 1.165) is 17.7 Å². The first kappa shape index (κ1) is 18.2. The Labute approximate surface area is 153 Å². The van der Waals surface area contributed by atoms with Gasteiger partial charge in [0.1, 0.15) is 5.75 Å². The van der Waals surface area contributed by atoms with E-state index in [9.17, 15) is 14.4 Å². The maximum Gasteiger partial charge on any atom is 0.228 e.